The van der Waals surface area contributed by atoms with Gasteiger partial charge in [0.05, 0.1) is 0 Å². The predicted octanol–water partition coefficient (Wildman–Crippen LogP) is 2.15. The Bertz CT molecular complexity index is 406. The minimum atomic E-state index is -0.511. The summed E-state index contributed by atoms with van der Waals surface area (Å²) in [5, 5.41) is 6.74. The number of amides is 1. The number of para-hydroxylation sites is 1. The van der Waals surface area contributed by atoms with Crippen LogP contribution < -0.4 is 10.6 Å². The molecule has 2 rings (SSSR count). The Kier molecular flexibility index (Phi) is 7.94. The molecule has 1 heterocycles. The van der Waals surface area contributed by atoms with Crippen molar-refractivity contribution in [2.75, 3.05) is 32.5 Å². The van der Waals surface area contributed by atoms with Crippen LogP contribution >= 0.6 is 24.8 Å². The molecule has 1 unspecified atom stereocenters. The summed E-state index contributed by atoms with van der Waals surface area (Å²) in [4.78, 5) is 14.1. The molecule has 1 aliphatic rings. The first kappa shape index (κ1) is 19.0. The average Bonchev–Trinajstić information content (AvgIpc) is 2.40. The fourth-order valence-electron chi connectivity index (χ4n) is 2.47. The van der Waals surface area contributed by atoms with Crippen molar-refractivity contribution in [1.29, 1.82) is 0 Å². The Morgan fingerprint density at radius 2 is 1.90 bits per heavy atom. The Morgan fingerprint density at radius 3 is 2.40 bits per heavy atom. The lowest BCUT2D eigenvalue weighted by Crippen LogP contribution is -2.60. The van der Waals surface area contributed by atoms with Gasteiger partial charge in [-0.15, -0.1) is 24.8 Å². The molecule has 0 spiro atoms. The van der Waals surface area contributed by atoms with Crippen molar-refractivity contribution in [2.24, 2.45) is 0 Å². The van der Waals surface area contributed by atoms with Crippen LogP contribution in [-0.4, -0.2) is 43.5 Å². The van der Waals surface area contributed by atoms with Crippen molar-refractivity contribution >= 4 is 36.4 Å². The van der Waals surface area contributed by atoms with E-state index in [1.807, 2.05) is 44.4 Å². The van der Waals surface area contributed by atoms with Gasteiger partial charge < -0.3 is 15.5 Å². The number of likely N-dealkylation sites (N-methyl/N-ethyl adjacent to an activating group) is 1. The van der Waals surface area contributed by atoms with Crippen LogP contribution in [0.1, 0.15) is 12.8 Å². The first-order valence-electron chi connectivity index (χ1n) is 6.40. The summed E-state index contributed by atoms with van der Waals surface area (Å²) in [6.45, 7) is 1.66. The summed E-state index contributed by atoms with van der Waals surface area (Å²) < 4.78 is 0. The van der Waals surface area contributed by atoms with Gasteiger partial charge in [0.15, 0.2) is 0 Å². The van der Waals surface area contributed by atoms with E-state index in [1.165, 1.54) is 0 Å². The molecular formula is C14H23Cl2N3O. The van der Waals surface area contributed by atoms with Gasteiger partial charge >= 0.3 is 0 Å². The zero-order chi connectivity index (χ0) is 13.0. The third-order valence-electron chi connectivity index (χ3n) is 3.36. The number of rotatable bonds is 3. The van der Waals surface area contributed by atoms with Crippen LogP contribution in [0.4, 0.5) is 5.69 Å². The predicted molar refractivity (Wildman–Crippen MR) is 88.1 cm³/mol. The Hall–Kier alpha value is -0.970. The number of benzene rings is 1. The third kappa shape index (κ3) is 4.27. The number of nitrogens with zero attached hydrogens (tertiary/aromatic N) is 1. The number of piperidine rings is 1. The summed E-state index contributed by atoms with van der Waals surface area (Å²) in [6.07, 6.45) is 1.88. The molecule has 114 valence electrons. The number of anilines is 1. The Balaban J connectivity index is 0.00000180. The van der Waals surface area contributed by atoms with Gasteiger partial charge in [-0.1, -0.05) is 18.2 Å². The highest BCUT2D eigenvalue weighted by atomic mass is 35.5. The van der Waals surface area contributed by atoms with E-state index in [0.717, 1.165) is 25.1 Å². The van der Waals surface area contributed by atoms with Crippen LogP contribution in [0.25, 0.3) is 0 Å². The first-order chi connectivity index (χ1) is 8.64. The normalized spacial score (nSPS) is 21.1. The molecule has 0 radical (unpaired) electrons. The van der Waals surface area contributed by atoms with E-state index >= 15 is 0 Å². The molecule has 20 heavy (non-hydrogen) atoms. The molecule has 6 heteroatoms. The summed E-state index contributed by atoms with van der Waals surface area (Å²) in [5.41, 5.74) is 0.486. The van der Waals surface area contributed by atoms with Crippen LogP contribution in [0.3, 0.4) is 0 Å². The maximum Gasteiger partial charge on any atom is 0.249 e. The summed E-state index contributed by atoms with van der Waals surface area (Å²) in [6, 6.07) is 9.93. The fourth-order valence-corrected chi connectivity index (χ4v) is 2.47. The molecule has 0 aromatic heterocycles. The molecule has 1 fully saturated rings. The first-order valence-corrected chi connectivity index (χ1v) is 6.40. The lowest BCUT2D eigenvalue weighted by atomic mass is 9.88. The second kappa shape index (κ2) is 8.35. The maximum atomic E-state index is 12.4. The van der Waals surface area contributed by atoms with E-state index in [0.29, 0.717) is 6.54 Å². The second-order valence-corrected chi connectivity index (χ2v) is 5.05. The molecule has 4 nitrogen and oxygen atoms in total. The molecule has 1 amide bonds. The lowest BCUT2D eigenvalue weighted by Gasteiger charge is -2.39. The van der Waals surface area contributed by atoms with E-state index < -0.39 is 5.54 Å². The standard InChI is InChI=1S/C14H21N3O.2ClH/c1-17(2)13(18)14(9-6-10-15-11-14)16-12-7-4-3-5-8-12;;/h3-5,7-8,15-16H,6,9-11H2,1-2H3;2*1H. The highest BCUT2D eigenvalue weighted by Gasteiger charge is 2.40. The second-order valence-electron chi connectivity index (χ2n) is 5.05. The fraction of sp³-hybridized carbons (Fsp3) is 0.500. The third-order valence-corrected chi connectivity index (χ3v) is 3.36. The van der Waals surface area contributed by atoms with E-state index in [-0.39, 0.29) is 30.7 Å². The van der Waals surface area contributed by atoms with Gasteiger partial charge in [0.1, 0.15) is 5.54 Å². The molecule has 0 bridgehead atoms. The van der Waals surface area contributed by atoms with Gasteiger partial charge in [-0.05, 0) is 31.5 Å². The Labute approximate surface area is 133 Å². The lowest BCUT2D eigenvalue weighted by molar-refractivity contribution is -0.134. The quantitative estimate of drug-likeness (QED) is 0.897. The van der Waals surface area contributed by atoms with Gasteiger partial charge in [0.25, 0.3) is 0 Å². The largest absolute Gasteiger partial charge is 0.370 e. The van der Waals surface area contributed by atoms with Crippen LogP contribution in [0, 0.1) is 0 Å². The minimum absolute atomic E-state index is 0. The molecular weight excluding hydrogens is 297 g/mol. The molecule has 1 aliphatic heterocycles. The molecule has 0 aliphatic carbocycles. The average molecular weight is 320 g/mol. The Morgan fingerprint density at radius 1 is 1.25 bits per heavy atom. The molecule has 1 aromatic rings. The van der Waals surface area contributed by atoms with Crippen molar-refractivity contribution in [3.63, 3.8) is 0 Å². The number of hydrogen-bond donors (Lipinski definition) is 2. The van der Waals surface area contributed by atoms with E-state index in [9.17, 15) is 4.79 Å². The highest BCUT2D eigenvalue weighted by Crippen LogP contribution is 2.24. The summed E-state index contributed by atoms with van der Waals surface area (Å²) in [5.74, 6) is 0.138. The van der Waals surface area contributed by atoms with Crippen LogP contribution in [-0.2, 0) is 4.79 Å². The highest BCUT2D eigenvalue weighted by molar-refractivity contribution is 5.89. The topological polar surface area (TPSA) is 44.4 Å². The van der Waals surface area contributed by atoms with Crippen molar-refractivity contribution in [3.05, 3.63) is 30.3 Å². The maximum absolute atomic E-state index is 12.4. The van der Waals surface area contributed by atoms with Crippen LogP contribution in [0.15, 0.2) is 30.3 Å². The molecule has 1 atom stereocenters. The zero-order valence-corrected chi connectivity index (χ0v) is 13.5. The number of carbonyl (C=O) groups is 1. The van der Waals surface area contributed by atoms with Crippen molar-refractivity contribution in [2.45, 2.75) is 18.4 Å². The van der Waals surface area contributed by atoms with Crippen molar-refractivity contribution in [1.82, 2.24) is 10.2 Å². The van der Waals surface area contributed by atoms with E-state index in [2.05, 4.69) is 10.6 Å². The molecule has 0 saturated carbocycles. The number of halogens is 2. The minimum Gasteiger partial charge on any atom is -0.370 e. The molecule has 2 N–H and O–H groups in total. The number of nitrogens with one attached hydrogen (secondary N) is 2. The van der Waals surface area contributed by atoms with Crippen LogP contribution in [0.5, 0.6) is 0 Å². The van der Waals surface area contributed by atoms with Crippen molar-refractivity contribution < 1.29 is 4.79 Å². The van der Waals surface area contributed by atoms with E-state index in [1.54, 1.807) is 4.90 Å². The SMILES string of the molecule is CN(C)C(=O)C1(Nc2ccccc2)CCCNC1.Cl.Cl. The van der Waals surface area contributed by atoms with Crippen molar-refractivity contribution in [3.8, 4) is 0 Å². The van der Waals surface area contributed by atoms with Gasteiger partial charge in [-0.25, -0.2) is 0 Å². The van der Waals surface area contributed by atoms with Gasteiger partial charge in [-0.3, -0.25) is 4.79 Å². The summed E-state index contributed by atoms with van der Waals surface area (Å²) >= 11 is 0. The van der Waals surface area contributed by atoms with Crippen LogP contribution in [0.2, 0.25) is 0 Å². The van der Waals surface area contributed by atoms with Gasteiger partial charge in [0, 0.05) is 26.3 Å². The monoisotopic (exact) mass is 319 g/mol. The van der Waals surface area contributed by atoms with Gasteiger partial charge in [0.2, 0.25) is 5.91 Å². The summed E-state index contributed by atoms with van der Waals surface area (Å²) in [7, 11) is 3.62. The number of hydrogen-bond acceptors (Lipinski definition) is 3. The molecule has 1 aromatic carbocycles. The van der Waals surface area contributed by atoms with E-state index in [4.69, 9.17) is 0 Å². The molecule has 1 saturated heterocycles. The smallest absolute Gasteiger partial charge is 0.249 e. The zero-order valence-electron chi connectivity index (χ0n) is 11.9. The number of carbonyl (C=O) groups excluding carboxylic acids is 1. The van der Waals surface area contributed by atoms with Gasteiger partial charge in [-0.2, -0.15) is 0 Å².